The first kappa shape index (κ1) is 13.9. The lowest BCUT2D eigenvalue weighted by Gasteiger charge is -2.36. The zero-order valence-corrected chi connectivity index (χ0v) is 10.7. The summed E-state index contributed by atoms with van der Waals surface area (Å²) in [5, 5.41) is 5.83. The zero-order valence-electron chi connectivity index (χ0n) is 10.7. The van der Waals surface area contributed by atoms with Gasteiger partial charge in [0, 0.05) is 38.8 Å². The minimum atomic E-state index is -4.62. The van der Waals surface area contributed by atoms with Gasteiger partial charge in [-0.05, 0) is 7.05 Å². The molecule has 8 heteroatoms. The summed E-state index contributed by atoms with van der Waals surface area (Å²) in [6, 6.07) is 0. The van der Waals surface area contributed by atoms with Gasteiger partial charge in [-0.3, -0.25) is 9.48 Å². The fourth-order valence-corrected chi connectivity index (χ4v) is 2.15. The number of rotatable bonds is 3. The van der Waals surface area contributed by atoms with E-state index in [4.69, 9.17) is 0 Å². The number of halogens is 3. The molecule has 1 aliphatic heterocycles. The van der Waals surface area contributed by atoms with Crippen molar-refractivity contribution in [2.75, 3.05) is 26.7 Å². The van der Waals surface area contributed by atoms with Crippen LogP contribution in [-0.4, -0.2) is 47.3 Å². The molecule has 2 heterocycles. The van der Waals surface area contributed by atoms with Crippen LogP contribution >= 0.6 is 0 Å². The number of hydrogen-bond donors (Lipinski definition) is 1. The molecule has 0 bridgehead atoms. The lowest BCUT2D eigenvalue weighted by Crippen LogP contribution is -2.49. The molecule has 0 radical (unpaired) electrons. The number of nitrogens with zero attached hydrogens (tertiary/aromatic N) is 3. The van der Waals surface area contributed by atoms with Gasteiger partial charge in [0.15, 0.2) is 5.69 Å². The van der Waals surface area contributed by atoms with E-state index < -0.39 is 23.3 Å². The van der Waals surface area contributed by atoms with E-state index in [1.807, 2.05) is 7.05 Å². The molecule has 1 aromatic heterocycles. The maximum absolute atomic E-state index is 12.7. The summed E-state index contributed by atoms with van der Waals surface area (Å²) in [5.41, 5.74) is -1.57. The molecule has 106 valence electrons. The maximum Gasteiger partial charge on any atom is 0.435 e. The topological polar surface area (TPSA) is 50.2 Å². The van der Waals surface area contributed by atoms with Crippen LogP contribution in [0, 0.1) is 5.92 Å². The van der Waals surface area contributed by atoms with Crippen molar-refractivity contribution in [3.05, 3.63) is 17.5 Å². The summed E-state index contributed by atoms with van der Waals surface area (Å²) in [6.07, 6.45) is -3.53. The molecule has 0 saturated carbocycles. The minimum absolute atomic E-state index is 0.306. The van der Waals surface area contributed by atoms with E-state index in [9.17, 15) is 18.0 Å². The van der Waals surface area contributed by atoms with Gasteiger partial charge < -0.3 is 10.2 Å². The molecule has 1 aromatic rings. The third-order valence-corrected chi connectivity index (χ3v) is 3.03. The summed E-state index contributed by atoms with van der Waals surface area (Å²) in [7, 11) is 3.30. The number of amides is 1. The lowest BCUT2D eigenvalue weighted by atomic mass is 10.0. The Labute approximate surface area is 108 Å². The first-order chi connectivity index (χ1) is 8.77. The molecule has 1 fully saturated rings. The van der Waals surface area contributed by atoms with Crippen LogP contribution in [0.5, 0.6) is 0 Å². The Morgan fingerprint density at radius 3 is 2.63 bits per heavy atom. The van der Waals surface area contributed by atoms with Gasteiger partial charge in [0.2, 0.25) is 0 Å². The molecule has 0 aromatic carbocycles. The monoisotopic (exact) mass is 276 g/mol. The standard InChI is InChI=1S/C11H15F3N4O/c1-17-4-7(5-17)3-15-10(19)8-6-18(2)16-9(8)11(12,13)14/h6-7H,3-5H2,1-2H3,(H,15,19). The normalized spacial score (nSPS) is 17.3. The van der Waals surface area contributed by atoms with Gasteiger partial charge in [0.25, 0.3) is 5.91 Å². The van der Waals surface area contributed by atoms with E-state index in [-0.39, 0.29) is 0 Å². The Morgan fingerprint density at radius 2 is 2.11 bits per heavy atom. The summed E-state index contributed by atoms with van der Waals surface area (Å²) in [6.45, 7) is 2.08. The molecule has 5 nitrogen and oxygen atoms in total. The molecule has 1 amide bonds. The van der Waals surface area contributed by atoms with Gasteiger partial charge in [-0.1, -0.05) is 0 Å². The first-order valence-electron chi connectivity index (χ1n) is 5.85. The van der Waals surface area contributed by atoms with Crippen LogP contribution in [-0.2, 0) is 13.2 Å². The molecule has 0 unspecified atom stereocenters. The fraction of sp³-hybridized carbons (Fsp3) is 0.636. The van der Waals surface area contributed by atoms with Crippen LogP contribution in [0.15, 0.2) is 6.20 Å². The summed E-state index contributed by atoms with van der Waals surface area (Å²) >= 11 is 0. The average molecular weight is 276 g/mol. The number of hydrogen-bond acceptors (Lipinski definition) is 3. The highest BCUT2D eigenvalue weighted by Crippen LogP contribution is 2.30. The molecule has 0 spiro atoms. The number of nitrogens with one attached hydrogen (secondary N) is 1. The quantitative estimate of drug-likeness (QED) is 0.885. The van der Waals surface area contributed by atoms with E-state index in [2.05, 4.69) is 15.3 Å². The molecule has 2 rings (SSSR count). The second kappa shape index (κ2) is 4.84. The van der Waals surface area contributed by atoms with Crippen molar-refractivity contribution < 1.29 is 18.0 Å². The average Bonchev–Trinajstić information content (AvgIpc) is 2.64. The number of likely N-dealkylation sites (tertiary alicyclic amines) is 1. The van der Waals surface area contributed by atoms with Crippen LogP contribution < -0.4 is 5.32 Å². The number of aromatic nitrogens is 2. The van der Waals surface area contributed by atoms with Crippen molar-refractivity contribution in [3.8, 4) is 0 Å². The number of carbonyl (C=O) groups is 1. The Bertz CT molecular complexity index is 477. The van der Waals surface area contributed by atoms with Gasteiger partial charge in [0.05, 0.1) is 5.56 Å². The number of aryl methyl sites for hydroxylation is 1. The van der Waals surface area contributed by atoms with Crippen LogP contribution in [0.25, 0.3) is 0 Å². The van der Waals surface area contributed by atoms with Gasteiger partial charge in [-0.25, -0.2) is 0 Å². The van der Waals surface area contributed by atoms with Crippen molar-refractivity contribution in [1.29, 1.82) is 0 Å². The van der Waals surface area contributed by atoms with Crippen LogP contribution in [0.4, 0.5) is 13.2 Å². The predicted molar refractivity (Wildman–Crippen MR) is 61.5 cm³/mol. The van der Waals surface area contributed by atoms with E-state index in [1.165, 1.54) is 7.05 Å². The smallest absolute Gasteiger partial charge is 0.352 e. The Balaban J connectivity index is 2.02. The largest absolute Gasteiger partial charge is 0.435 e. The molecular formula is C11H15F3N4O. The zero-order chi connectivity index (χ0) is 14.2. The van der Waals surface area contributed by atoms with Crippen molar-refractivity contribution >= 4 is 5.91 Å². The predicted octanol–water partition coefficient (Wildman–Crippen LogP) is 0.730. The van der Waals surface area contributed by atoms with Gasteiger partial charge in [-0.2, -0.15) is 18.3 Å². The van der Waals surface area contributed by atoms with E-state index in [0.717, 1.165) is 24.0 Å². The molecule has 0 atom stereocenters. The molecule has 1 aliphatic rings. The minimum Gasteiger partial charge on any atom is -0.352 e. The Hall–Kier alpha value is -1.57. The SMILES string of the molecule is CN1CC(CNC(=O)c2cn(C)nc2C(F)(F)F)C1. The van der Waals surface area contributed by atoms with Crippen molar-refractivity contribution in [3.63, 3.8) is 0 Å². The summed E-state index contributed by atoms with van der Waals surface area (Å²) in [5.74, 6) is -0.421. The number of alkyl halides is 3. The van der Waals surface area contributed by atoms with Crippen molar-refractivity contribution in [2.45, 2.75) is 6.18 Å². The summed E-state index contributed by atoms with van der Waals surface area (Å²) in [4.78, 5) is 13.8. The van der Waals surface area contributed by atoms with Crippen LogP contribution in [0.2, 0.25) is 0 Å². The number of carbonyl (C=O) groups excluding carboxylic acids is 1. The molecule has 0 aliphatic carbocycles. The first-order valence-corrected chi connectivity index (χ1v) is 5.85. The van der Waals surface area contributed by atoms with Gasteiger partial charge in [-0.15, -0.1) is 0 Å². The third kappa shape index (κ3) is 3.06. The van der Waals surface area contributed by atoms with Crippen LogP contribution in [0.3, 0.4) is 0 Å². The van der Waals surface area contributed by atoms with E-state index in [1.54, 1.807) is 0 Å². The Kier molecular flexibility index (Phi) is 3.53. The van der Waals surface area contributed by atoms with E-state index >= 15 is 0 Å². The highest BCUT2D eigenvalue weighted by atomic mass is 19.4. The fourth-order valence-electron chi connectivity index (χ4n) is 2.15. The van der Waals surface area contributed by atoms with Gasteiger partial charge >= 0.3 is 6.18 Å². The molecule has 1 saturated heterocycles. The molecule has 19 heavy (non-hydrogen) atoms. The molecular weight excluding hydrogens is 261 g/mol. The highest BCUT2D eigenvalue weighted by Gasteiger charge is 2.39. The highest BCUT2D eigenvalue weighted by molar-refractivity contribution is 5.95. The summed E-state index contributed by atoms with van der Waals surface area (Å²) < 4.78 is 39.1. The second-order valence-electron chi connectivity index (χ2n) is 4.86. The van der Waals surface area contributed by atoms with Crippen LogP contribution in [0.1, 0.15) is 16.1 Å². The second-order valence-corrected chi connectivity index (χ2v) is 4.86. The molecule has 1 N–H and O–H groups in total. The van der Waals surface area contributed by atoms with Gasteiger partial charge in [0.1, 0.15) is 0 Å². The van der Waals surface area contributed by atoms with E-state index in [0.29, 0.717) is 12.5 Å². The lowest BCUT2D eigenvalue weighted by molar-refractivity contribution is -0.141. The van der Waals surface area contributed by atoms with Crippen molar-refractivity contribution in [1.82, 2.24) is 20.0 Å². The maximum atomic E-state index is 12.7. The van der Waals surface area contributed by atoms with Crippen molar-refractivity contribution in [2.24, 2.45) is 13.0 Å². The third-order valence-electron chi connectivity index (χ3n) is 3.03. The Morgan fingerprint density at radius 1 is 1.47 bits per heavy atom.